The zero-order valence-electron chi connectivity index (χ0n) is 6.28. The maximum absolute atomic E-state index is 11.4. The molecule has 0 aliphatic heterocycles. The highest BCUT2D eigenvalue weighted by molar-refractivity contribution is 4.44. The summed E-state index contributed by atoms with van der Waals surface area (Å²) in [5.41, 5.74) is 0. The van der Waals surface area contributed by atoms with Crippen molar-refractivity contribution >= 4 is 0 Å². The van der Waals surface area contributed by atoms with Gasteiger partial charge in [0.2, 0.25) is 0 Å². The molecule has 0 aliphatic carbocycles. The van der Waals surface area contributed by atoms with Gasteiger partial charge in [0.1, 0.15) is 6.61 Å². The molecule has 2 nitrogen and oxygen atoms in total. The molecule has 68 valence electrons. The molecule has 11 heavy (non-hydrogen) atoms. The standard InChI is InChI=1S/C6H11F3O2/c1-2-10-3-4-11-5-6(7,8)9/h2-5H2,1H3. The van der Waals surface area contributed by atoms with Crippen molar-refractivity contribution in [1.29, 1.82) is 0 Å². The molecule has 0 aromatic rings. The second-order valence-corrected chi connectivity index (χ2v) is 1.86. The Bertz CT molecular complexity index is 92.3. The summed E-state index contributed by atoms with van der Waals surface area (Å²) in [6, 6.07) is 0. The maximum Gasteiger partial charge on any atom is 0.411 e. The van der Waals surface area contributed by atoms with Gasteiger partial charge in [-0.15, -0.1) is 0 Å². The number of alkyl halides is 3. The van der Waals surface area contributed by atoms with Crippen LogP contribution in [0.2, 0.25) is 0 Å². The summed E-state index contributed by atoms with van der Waals surface area (Å²) in [5.74, 6) is 0. The van der Waals surface area contributed by atoms with E-state index in [1.807, 2.05) is 0 Å². The fourth-order valence-electron chi connectivity index (χ4n) is 0.450. The van der Waals surface area contributed by atoms with Gasteiger partial charge < -0.3 is 9.47 Å². The van der Waals surface area contributed by atoms with Crippen LogP contribution < -0.4 is 0 Å². The van der Waals surface area contributed by atoms with Crippen LogP contribution in [-0.4, -0.2) is 32.6 Å². The third kappa shape index (κ3) is 9.71. The van der Waals surface area contributed by atoms with E-state index < -0.39 is 12.8 Å². The lowest BCUT2D eigenvalue weighted by Gasteiger charge is -2.06. The molecule has 0 saturated carbocycles. The van der Waals surface area contributed by atoms with Crippen LogP contribution in [0.4, 0.5) is 13.2 Å². The lowest BCUT2D eigenvalue weighted by atomic mass is 10.7. The van der Waals surface area contributed by atoms with Crippen molar-refractivity contribution in [3.8, 4) is 0 Å². The van der Waals surface area contributed by atoms with Crippen molar-refractivity contribution in [1.82, 2.24) is 0 Å². The van der Waals surface area contributed by atoms with E-state index in [9.17, 15) is 13.2 Å². The Balaban J connectivity index is 3.02. The van der Waals surface area contributed by atoms with Gasteiger partial charge in [-0.05, 0) is 6.92 Å². The van der Waals surface area contributed by atoms with Gasteiger partial charge in [0.15, 0.2) is 0 Å². The zero-order valence-corrected chi connectivity index (χ0v) is 6.28. The lowest BCUT2D eigenvalue weighted by molar-refractivity contribution is -0.176. The fraction of sp³-hybridized carbons (Fsp3) is 1.00. The van der Waals surface area contributed by atoms with E-state index in [4.69, 9.17) is 4.74 Å². The van der Waals surface area contributed by atoms with Gasteiger partial charge in [0.25, 0.3) is 0 Å². The first-order valence-electron chi connectivity index (χ1n) is 3.28. The van der Waals surface area contributed by atoms with Crippen molar-refractivity contribution in [3.05, 3.63) is 0 Å². The minimum Gasteiger partial charge on any atom is -0.379 e. The monoisotopic (exact) mass is 172 g/mol. The SMILES string of the molecule is CCOCCOCC(F)(F)F. The number of halogens is 3. The predicted molar refractivity (Wildman–Crippen MR) is 33.4 cm³/mol. The first-order valence-corrected chi connectivity index (χ1v) is 3.28. The van der Waals surface area contributed by atoms with E-state index in [0.717, 1.165) is 0 Å². The molecule has 0 saturated heterocycles. The summed E-state index contributed by atoms with van der Waals surface area (Å²) >= 11 is 0. The maximum atomic E-state index is 11.4. The smallest absolute Gasteiger partial charge is 0.379 e. The van der Waals surface area contributed by atoms with Gasteiger partial charge in [-0.1, -0.05) is 0 Å². The Morgan fingerprint density at radius 2 is 1.64 bits per heavy atom. The second kappa shape index (κ2) is 5.37. The Kier molecular flexibility index (Phi) is 5.23. The molecular formula is C6H11F3O2. The number of hydrogen-bond donors (Lipinski definition) is 0. The number of hydrogen-bond acceptors (Lipinski definition) is 2. The van der Waals surface area contributed by atoms with Crippen molar-refractivity contribution in [2.24, 2.45) is 0 Å². The Morgan fingerprint density at radius 1 is 1.09 bits per heavy atom. The largest absolute Gasteiger partial charge is 0.411 e. The number of ether oxygens (including phenoxy) is 2. The molecule has 0 atom stereocenters. The van der Waals surface area contributed by atoms with E-state index in [-0.39, 0.29) is 13.2 Å². The van der Waals surface area contributed by atoms with Gasteiger partial charge in [-0.2, -0.15) is 13.2 Å². The number of rotatable bonds is 5. The topological polar surface area (TPSA) is 18.5 Å². The van der Waals surface area contributed by atoms with Crippen LogP contribution in [-0.2, 0) is 9.47 Å². The van der Waals surface area contributed by atoms with Crippen LogP contribution in [0.1, 0.15) is 6.92 Å². The van der Waals surface area contributed by atoms with Crippen LogP contribution in [0.5, 0.6) is 0 Å². The normalized spacial score (nSPS) is 12.0. The first kappa shape index (κ1) is 10.7. The van der Waals surface area contributed by atoms with E-state index >= 15 is 0 Å². The van der Waals surface area contributed by atoms with E-state index in [1.54, 1.807) is 6.92 Å². The third-order valence-electron chi connectivity index (χ3n) is 0.842. The fourth-order valence-corrected chi connectivity index (χ4v) is 0.450. The van der Waals surface area contributed by atoms with Crippen molar-refractivity contribution in [2.45, 2.75) is 13.1 Å². The van der Waals surface area contributed by atoms with Crippen LogP contribution in [0.25, 0.3) is 0 Å². The zero-order chi connectivity index (χ0) is 8.74. The quantitative estimate of drug-likeness (QED) is 0.586. The molecule has 0 aromatic heterocycles. The minimum atomic E-state index is -4.23. The minimum absolute atomic E-state index is 0.00660. The summed E-state index contributed by atoms with van der Waals surface area (Å²) in [7, 11) is 0. The highest BCUT2D eigenvalue weighted by Crippen LogP contribution is 2.13. The molecule has 5 heteroatoms. The Labute approximate surface area is 63.3 Å². The van der Waals surface area contributed by atoms with Crippen LogP contribution in [0.3, 0.4) is 0 Å². The summed E-state index contributed by atoms with van der Waals surface area (Å²) < 4.78 is 43.2. The Hall–Kier alpha value is -0.290. The molecule has 0 radical (unpaired) electrons. The van der Waals surface area contributed by atoms with Crippen LogP contribution in [0.15, 0.2) is 0 Å². The first-order chi connectivity index (χ1) is 5.06. The van der Waals surface area contributed by atoms with Crippen molar-refractivity contribution in [3.63, 3.8) is 0 Å². The van der Waals surface area contributed by atoms with Gasteiger partial charge in [-0.3, -0.25) is 0 Å². The predicted octanol–water partition coefficient (Wildman–Crippen LogP) is 1.60. The average Bonchev–Trinajstić information content (AvgIpc) is 1.85. The van der Waals surface area contributed by atoms with Crippen LogP contribution >= 0.6 is 0 Å². The lowest BCUT2D eigenvalue weighted by Crippen LogP contribution is -2.18. The Morgan fingerprint density at radius 3 is 2.09 bits per heavy atom. The molecule has 0 N–H and O–H groups in total. The molecule has 0 aliphatic rings. The molecule has 0 spiro atoms. The van der Waals surface area contributed by atoms with Crippen molar-refractivity contribution in [2.75, 3.05) is 26.4 Å². The molecule has 0 amide bonds. The third-order valence-corrected chi connectivity index (χ3v) is 0.842. The van der Waals surface area contributed by atoms with E-state index in [2.05, 4.69) is 4.74 Å². The molecule has 0 unspecified atom stereocenters. The molecule has 0 aromatic carbocycles. The molecule has 0 heterocycles. The van der Waals surface area contributed by atoms with Gasteiger partial charge >= 0.3 is 6.18 Å². The molecule has 0 bridgehead atoms. The average molecular weight is 172 g/mol. The van der Waals surface area contributed by atoms with Crippen LogP contribution in [0, 0.1) is 0 Å². The summed E-state index contributed by atoms with van der Waals surface area (Å²) in [4.78, 5) is 0. The van der Waals surface area contributed by atoms with E-state index in [1.165, 1.54) is 0 Å². The van der Waals surface area contributed by atoms with E-state index in [0.29, 0.717) is 6.61 Å². The summed E-state index contributed by atoms with van der Waals surface area (Å²) in [6.45, 7) is 1.28. The highest BCUT2D eigenvalue weighted by Gasteiger charge is 2.27. The molecule has 0 fully saturated rings. The van der Waals surface area contributed by atoms with Gasteiger partial charge in [0.05, 0.1) is 13.2 Å². The summed E-state index contributed by atoms with van der Waals surface area (Å²) in [6.07, 6.45) is -4.23. The van der Waals surface area contributed by atoms with Gasteiger partial charge in [-0.25, -0.2) is 0 Å². The van der Waals surface area contributed by atoms with Gasteiger partial charge in [0, 0.05) is 6.61 Å². The molecular weight excluding hydrogens is 161 g/mol. The molecule has 0 rings (SSSR count). The highest BCUT2D eigenvalue weighted by atomic mass is 19.4. The van der Waals surface area contributed by atoms with Crippen molar-refractivity contribution < 1.29 is 22.6 Å². The second-order valence-electron chi connectivity index (χ2n) is 1.86. The summed E-state index contributed by atoms with van der Waals surface area (Å²) in [5, 5.41) is 0.